The summed E-state index contributed by atoms with van der Waals surface area (Å²) in [5, 5.41) is 6.07. The monoisotopic (exact) mass is 364 g/mol. The van der Waals surface area contributed by atoms with Gasteiger partial charge >= 0.3 is 0 Å². The van der Waals surface area contributed by atoms with Crippen LogP contribution in [0.1, 0.15) is 11.4 Å². The number of nitrogens with one attached hydrogen (secondary N) is 1. The fraction of sp³-hybridized carbons (Fsp3) is 0.214. The Kier molecular flexibility index (Phi) is 3.77. The van der Waals surface area contributed by atoms with Crippen LogP contribution >= 0.6 is 27.3 Å². The Morgan fingerprint density at radius 2 is 2.24 bits per heavy atom. The van der Waals surface area contributed by atoms with E-state index in [-0.39, 0.29) is 5.56 Å². The average Bonchev–Trinajstić information content (AvgIpc) is 2.91. The molecule has 0 radical (unpaired) electrons. The highest BCUT2D eigenvalue weighted by atomic mass is 79.9. The van der Waals surface area contributed by atoms with Crippen LogP contribution in [0.15, 0.2) is 33.0 Å². The molecule has 1 N–H and O–H groups in total. The molecule has 3 rings (SSSR count). The normalized spacial score (nSPS) is 11.0. The molecule has 0 fully saturated rings. The predicted octanol–water partition coefficient (Wildman–Crippen LogP) is 3.01. The summed E-state index contributed by atoms with van der Waals surface area (Å²) in [7, 11) is 1.83. The van der Waals surface area contributed by atoms with E-state index in [4.69, 9.17) is 0 Å². The molecule has 7 heteroatoms. The van der Waals surface area contributed by atoms with Crippen molar-refractivity contribution in [3.63, 3.8) is 0 Å². The molecule has 0 spiro atoms. The zero-order valence-electron chi connectivity index (χ0n) is 11.6. The van der Waals surface area contributed by atoms with Gasteiger partial charge in [-0.05, 0) is 40.4 Å². The number of nitrogens with zero attached hydrogens (tertiary/aromatic N) is 3. The molecule has 0 saturated heterocycles. The standard InChI is InChI=1S/C14H13BrN4OS/c1-8-5-9(15)6-19(14(8)20)7-11-17-12(16-2)10-3-4-21-13(10)18-11/h3-6H,7H2,1-2H3,(H,16,17,18). The van der Waals surface area contributed by atoms with Crippen molar-refractivity contribution in [3.05, 3.63) is 49.9 Å². The first-order chi connectivity index (χ1) is 10.1. The number of pyridine rings is 1. The maximum atomic E-state index is 12.2. The first-order valence-corrected chi connectivity index (χ1v) is 8.04. The highest BCUT2D eigenvalue weighted by Crippen LogP contribution is 2.24. The second-order valence-electron chi connectivity index (χ2n) is 4.65. The molecule has 0 aliphatic rings. The molecule has 0 bridgehead atoms. The molecular formula is C14H13BrN4OS. The van der Waals surface area contributed by atoms with Crippen LogP contribution in [0, 0.1) is 6.92 Å². The lowest BCUT2D eigenvalue weighted by molar-refractivity contribution is 0.712. The van der Waals surface area contributed by atoms with E-state index in [0.29, 0.717) is 17.9 Å². The summed E-state index contributed by atoms with van der Waals surface area (Å²) >= 11 is 4.98. The molecule has 0 aromatic carbocycles. The van der Waals surface area contributed by atoms with Gasteiger partial charge in [0.15, 0.2) is 5.82 Å². The highest BCUT2D eigenvalue weighted by Gasteiger charge is 2.10. The molecule has 0 atom stereocenters. The number of fused-ring (bicyclic) bond motifs is 1. The number of thiophene rings is 1. The molecule has 21 heavy (non-hydrogen) atoms. The summed E-state index contributed by atoms with van der Waals surface area (Å²) in [6, 6.07) is 3.80. The maximum Gasteiger partial charge on any atom is 0.253 e. The van der Waals surface area contributed by atoms with Gasteiger partial charge in [0, 0.05) is 23.3 Å². The molecule has 0 amide bonds. The molecule has 3 aromatic heterocycles. The van der Waals surface area contributed by atoms with E-state index >= 15 is 0 Å². The number of anilines is 1. The Morgan fingerprint density at radius 1 is 1.43 bits per heavy atom. The molecule has 0 aliphatic heterocycles. The van der Waals surface area contributed by atoms with Gasteiger partial charge < -0.3 is 9.88 Å². The van der Waals surface area contributed by atoms with E-state index < -0.39 is 0 Å². The fourth-order valence-corrected chi connectivity index (χ4v) is 3.54. The van der Waals surface area contributed by atoms with Crippen LogP contribution in [-0.4, -0.2) is 21.6 Å². The quantitative estimate of drug-likeness (QED) is 0.775. The summed E-state index contributed by atoms with van der Waals surface area (Å²) in [5.74, 6) is 1.41. The molecule has 3 heterocycles. The number of aromatic nitrogens is 3. The minimum Gasteiger partial charge on any atom is -0.372 e. The average molecular weight is 365 g/mol. The van der Waals surface area contributed by atoms with Crippen molar-refractivity contribution in [2.24, 2.45) is 0 Å². The minimum atomic E-state index is -0.0286. The third kappa shape index (κ3) is 2.71. The van der Waals surface area contributed by atoms with Gasteiger partial charge in [-0.2, -0.15) is 0 Å². The summed E-state index contributed by atoms with van der Waals surface area (Å²) in [6.45, 7) is 2.15. The molecule has 0 unspecified atom stereocenters. The van der Waals surface area contributed by atoms with Crippen LogP contribution in [0.2, 0.25) is 0 Å². The maximum absolute atomic E-state index is 12.2. The molecule has 5 nitrogen and oxygen atoms in total. The van der Waals surface area contributed by atoms with Gasteiger partial charge in [-0.25, -0.2) is 9.97 Å². The Labute approximate surface area is 133 Å². The van der Waals surface area contributed by atoms with Gasteiger partial charge in [0.2, 0.25) is 0 Å². The summed E-state index contributed by atoms with van der Waals surface area (Å²) in [4.78, 5) is 22.1. The topological polar surface area (TPSA) is 59.8 Å². The van der Waals surface area contributed by atoms with Gasteiger partial charge in [0.1, 0.15) is 10.6 Å². The van der Waals surface area contributed by atoms with Gasteiger partial charge in [-0.1, -0.05) is 0 Å². The summed E-state index contributed by atoms with van der Waals surface area (Å²) < 4.78 is 2.49. The lowest BCUT2D eigenvalue weighted by Crippen LogP contribution is -2.23. The van der Waals surface area contributed by atoms with E-state index in [1.54, 1.807) is 35.1 Å². The van der Waals surface area contributed by atoms with Crippen molar-refractivity contribution < 1.29 is 0 Å². The first-order valence-electron chi connectivity index (χ1n) is 6.37. The molecule has 0 aliphatic carbocycles. The Bertz CT molecular complexity index is 871. The van der Waals surface area contributed by atoms with Crippen molar-refractivity contribution in [1.82, 2.24) is 14.5 Å². The third-order valence-corrected chi connectivity index (χ3v) is 4.39. The molecule has 3 aromatic rings. The lowest BCUT2D eigenvalue weighted by atomic mass is 10.3. The van der Waals surface area contributed by atoms with E-state index in [0.717, 1.165) is 20.5 Å². The minimum absolute atomic E-state index is 0.0286. The van der Waals surface area contributed by atoms with Gasteiger partial charge in [0.05, 0.1) is 11.9 Å². The van der Waals surface area contributed by atoms with Crippen LogP contribution < -0.4 is 10.9 Å². The number of halogens is 1. The van der Waals surface area contributed by atoms with Gasteiger partial charge in [0.25, 0.3) is 5.56 Å². The third-order valence-electron chi connectivity index (χ3n) is 3.15. The van der Waals surface area contributed by atoms with E-state index in [9.17, 15) is 4.79 Å². The van der Waals surface area contributed by atoms with E-state index in [2.05, 4.69) is 31.2 Å². The van der Waals surface area contributed by atoms with Crippen LogP contribution in [0.3, 0.4) is 0 Å². The van der Waals surface area contributed by atoms with Crippen molar-refractivity contribution in [3.8, 4) is 0 Å². The molecular weight excluding hydrogens is 352 g/mol. The zero-order chi connectivity index (χ0) is 15.0. The van der Waals surface area contributed by atoms with Crippen LogP contribution in [0.4, 0.5) is 5.82 Å². The summed E-state index contributed by atoms with van der Waals surface area (Å²) in [5.41, 5.74) is 0.662. The van der Waals surface area contributed by atoms with E-state index in [1.807, 2.05) is 18.5 Å². The van der Waals surface area contributed by atoms with E-state index in [1.165, 1.54) is 0 Å². The van der Waals surface area contributed by atoms with Gasteiger partial charge in [-0.3, -0.25) is 4.79 Å². The van der Waals surface area contributed by atoms with Crippen LogP contribution in [-0.2, 0) is 6.54 Å². The molecule has 108 valence electrons. The Morgan fingerprint density at radius 3 is 3.00 bits per heavy atom. The number of rotatable bonds is 3. The number of hydrogen-bond acceptors (Lipinski definition) is 5. The van der Waals surface area contributed by atoms with Crippen LogP contribution in [0.5, 0.6) is 0 Å². The second-order valence-corrected chi connectivity index (χ2v) is 6.46. The number of hydrogen-bond donors (Lipinski definition) is 1. The van der Waals surface area contributed by atoms with Crippen LogP contribution in [0.25, 0.3) is 10.2 Å². The fourth-order valence-electron chi connectivity index (χ4n) is 2.17. The SMILES string of the molecule is CNc1nc(Cn2cc(Br)cc(C)c2=O)nc2sccc12. The smallest absolute Gasteiger partial charge is 0.253 e. The first kappa shape index (κ1) is 14.2. The molecule has 0 saturated carbocycles. The van der Waals surface area contributed by atoms with Gasteiger partial charge in [-0.15, -0.1) is 11.3 Å². The number of aryl methyl sites for hydroxylation is 1. The van der Waals surface area contributed by atoms with Crippen molar-refractivity contribution >= 4 is 43.3 Å². The summed E-state index contributed by atoms with van der Waals surface area (Å²) in [6.07, 6.45) is 1.76. The lowest BCUT2D eigenvalue weighted by Gasteiger charge is -2.09. The predicted molar refractivity (Wildman–Crippen MR) is 89.2 cm³/mol. The van der Waals surface area contributed by atoms with Crippen molar-refractivity contribution in [1.29, 1.82) is 0 Å². The van der Waals surface area contributed by atoms with Crippen molar-refractivity contribution in [2.75, 3.05) is 12.4 Å². The van der Waals surface area contributed by atoms with Crippen molar-refractivity contribution in [2.45, 2.75) is 13.5 Å². The second kappa shape index (κ2) is 5.57. The zero-order valence-corrected chi connectivity index (χ0v) is 14.0. The highest BCUT2D eigenvalue weighted by molar-refractivity contribution is 9.10. The Balaban J connectivity index is 2.08. The Hall–Kier alpha value is -1.73. The largest absolute Gasteiger partial charge is 0.372 e.